The minimum absolute atomic E-state index is 0.0880. The molecule has 8 nitrogen and oxygen atoms in total. The van der Waals surface area contributed by atoms with Crippen LogP contribution in [0.25, 0.3) is 17.0 Å². The molecule has 0 unspecified atom stereocenters. The number of imidazole rings is 1. The number of fused-ring (bicyclic) bond motifs is 5. The van der Waals surface area contributed by atoms with Gasteiger partial charge in [0, 0.05) is 56.3 Å². The van der Waals surface area contributed by atoms with E-state index in [0.717, 1.165) is 62.0 Å². The van der Waals surface area contributed by atoms with Crippen LogP contribution in [0.3, 0.4) is 0 Å². The summed E-state index contributed by atoms with van der Waals surface area (Å²) in [7, 11) is 0. The van der Waals surface area contributed by atoms with Crippen LogP contribution in [0.5, 0.6) is 0 Å². The minimum atomic E-state index is 0.0880. The Hall–Kier alpha value is -3.26. The molecule has 8 heteroatoms. The monoisotopic (exact) mass is 415 g/mol. The highest BCUT2D eigenvalue weighted by Crippen LogP contribution is 2.32. The van der Waals surface area contributed by atoms with Gasteiger partial charge in [0.1, 0.15) is 11.6 Å². The fourth-order valence-electron chi connectivity index (χ4n) is 5.16. The SMILES string of the molecule is O=c1c(-c2nccn2CCCc2nnc3ccccn23)ccc2n1C[C@@H]1CNC[C@H]2C1. The summed E-state index contributed by atoms with van der Waals surface area (Å²) in [4.78, 5) is 17.9. The van der Waals surface area contributed by atoms with E-state index in [9.17, 15) is 4.79 Å². The highest BCUT2D eigenvalue weighted by Gasteiger charge is 2.31. The Bertz CT molecular complexity index is 1300. The van der Waals surface area contributed by atoms with Gasteiger partial charge in [0.2, 0.25) is 0 Å². The molecule has 0 spiro atoms. The number of piperidine rings is 1. The van der Waals surface area contributed by atoms with Gasteiger partial charge in [-0.1, -0.05) is 6.07 Å². The third kappa shape index (κ3) is 3.18. The summed E-state index contributed by atoms with van der Waals surface area (Å²) >= 11 is 0. The van der Waals surface area contributed by atoms with E-state index in [-0.39, 0.29) is 5.56 Å². The molecular weight excluding hydrogens is 390 g/mol. The molecule has 1 fully saturated rings. The first kappa shape index (κ1) is 18.5. The van der Waals surface area contributed by atoms with Crippen LogP contribution in [-0.4, -0.2) is 41.8 Å². The maximum atomic E-state index is 13.4. The molecule has 4 aromatic rings. The van der Waals surface area contributed by atoms with Gasteiger partial charge in [-0.25, -0.2) is 4.98 Å². The summed E-state index contributed by atoms with van der Waals surface area (Å²) in [6, 6.07) is 10.0. The molecular formula is C23H25N7O. The van der Waals surface area contributed by atoms with Crippen LogP contribution in [0, 0.1) is 5.92 Å². The van der Waals surface area contributed by atoms with Crippen LogP contribution >= 0.6 is 0 Å². The predicted octanol–water partition coefficient (Wildman–Crippen LogP) is 2.09. The van der Waals surface area contributed by atoms with Crippen LogP contribution in [0.4, 0.5) is 0 Å². The zero-order valence-electron chi connectivity index (χ0n) is 17.3. The van der Waals surface area contributed by atoms with E-state index in [0.29, 0.717) is 17.4 Å². The van der Waals surface area contributed by atoms with E-state index in [2.05, 4.69) is 31.1 Å². The normalized spacial score (nSPS) is 20.1. The zero-order valence-corrected chi connectivity index (χ0v) is 17.3. The number of aryl methyl sites for hydroxylation is 2. The van der Waals surface area contributed by atoms with Crippen molar-refractivity contribution >= 4 is 5.65 Å². The molecule has 6 heterocycles. The van der Waals surface area contributed by atoms with Crippen molar-refractivity contribution < 1.29 is 0 Å². The second-order valence-corrected chi connectivity index (χ2v) is 8.64. The first-order chi connectivity index (χ1) is 15.3. The Kier molecular flexibility index (Phi) is 4.45. The summed E-state index contributed by atoms with van der Waals surface area (Å²) in [6.07, 6.45) is 8.61. The molecule has 31 heavy (non-hydrogen) atoms. The molecule has 2 bridgehead atoms. The maximum absolute atomic E-state index is 13.4. The van der Waals surface area contributed by atoms with Crippen molar-refractivity contribution in [3.8, 4) is 11.4 Å². The highest BCUT2D eigenvalue weighted by atomic mass is 16.1. The lowest BCUT2D eigenvalue weighted by Gasteiger charge is -2.37. The predicted molar refractivity (Wildman–Crippen MR) is 117 cm³/mol. The van der Waals surface area contributed by atoms with Gasteiger partial charge in [-0.3, -0.25) is 9.20 Å². The fraction of sp³-hybridized carbons (Fsp3) is 0.391. The molecule has 2 aliphatic heterocycles. The lowest BCUT2D eigenvalue weighted by Crippen LogP contribution is -2.45. The highest BCUT2D eigenvalue weighted by molar-refractivity contribution is 5.54. The van der Waals surface area contributed by atoms with E-state index in [4.69, 9.17) is 0 Å². The number of rotatable bonds is 5. The average molecular weight is 416 g/mol. The lowest BCUT2D eigenvalue weighted by atomic mass is 9.84. The van der Waals surface area contributed by atoms with Crippen molar-refractivity contribution in [3.05, 3.63) is 70.8 Å². The fourth-order valence-corrected chi connectivity index (χ4v) is 5.16. The number of aromatic nitrogens is 6. The van der Waals surface area contributed by atoms with Gasteiger partial charge >= 0.3 is 0 Å². The molecule has 1 N–H and O–H groups in total. The molecule has 6 rings (SSSR count). The molecule has 2 atom stereocenters. The molecule has 2 aliphatic rings. The summed E-state index contributed by atoms with van der Waals surface area (Å²) in [5.41, 5.74) is 2.80. The molecule has 0 aliphatic carbocycles. The van der Waals surface area contributed by atoms with Gasteiger partial charge in [-0.2, -0.15) is 0 Å². The first-order valence-corrected chi connectivity index (χ1v) is 11.0. The van der Waals surface area contributed by atoms with Gasteiger partial charge < -0.3 is 14.5 Å². The van der Waals surface area contributed by atoms with Gasteiger partial charge in [-0.05, 0) is 49.6 Å². The van der Waals surface area contributed by atoms with Crippen LogP contribution < -0.4 is 10.9 Å². The van der Waals surface area contributed by atoms with Crippen LogP contribution in [-0.2, 0) is 19.5 Å². The lowest BCUT2D eigenvalue weighted by molar-refractivity contribution is 0.257. The van der Waals surface area contributed by atoms with Crippen molar-refractivity contribution in [2.24, 2.45) is 5.92 Å². The van der Waals surface area contributed by atoms with E-state index in [1.165, 1.54) is 6.42 Å². The summed E-state index contributed by atoms with van der Waals surface area (Å²) in [6.45, 7) is 3.53. The molecule has 4 aromatic heterocycles. The molecule has 0 aromatic carbocycles. The Morgan fingerprint density at radius 3 is 3.03 bits per heavy atom. The van der Waals surface area contributed by atoms with Crippen LogP contribution in [0.2, 0.25) is 0 Å². The Morgan fingerprint density at radius 1 is 1.10 bits per heavy atom. The molecule has 0 amide bonds. The number of nitrogens with zero attached hydrogens (tertiary/aromatic N) is 6. The first-order valence-electron chi connectivity index (χ1n) is 11.0. The average Bonchev–Trinajstić information content (AvgIpc) is 3.42. The second-order valence-electron chi connectivity index (χ2n) is 8.64. The third-order valence-electron chi connectivity index (χ3n) is 6.65. The number of nitrogens with one attached hydrogen (secondary N) is 1. The summed E-state index contributed by atoms with van der Waals surface area (Å²) in [5.74, 6) is 2.68. The van der Waals surface area contributed by atoms with Crippen molar-refractivity contribution in [2.45, 2.75) is 38.3 Å². The molecule has 1 saturated heterocycles. The number of hydrogen-bond acceptors (Lipinski definition) is 5. The smallest absolute Gasteiger partial charge is 0.261 e. The third-order valence-corrected chi connectivity index (χ3v) is 6.65. The van der Waals surface area contributed by atoms with Crippen molar-refractivity contribution in [2.75, 3.05) is 13.1 Å². The van der Waals surface area contributed by atoms with Crippen LogP contribution in [0.15, 0.2) is 53.7 Å². The largest absolute Gasteiger partial charge is 0.331 e. The van der Waals surface area contributed by atoms with Crippen molar-refractivity contribution in [3.63, 3.8) is 0 Å². The van der Waals surface area contributed by atoms with Gasteiger partial charge in [0.25, 0.3) is 5.56 Å². The Balaban J connectivity index is 1.24. The zero-order chi connectivity index (χ0) is 20.8. The molecule has 158 valence electrons. The quantitative estimate of drug-likeness (QED) is 0.540. The summed E-state index contributed by atoms with van der Waals surface area (Å²) < 4.78 is 6.10. The number of pyridine rings is 2. The summed E-state index contributed by atoms with van der Waals surface area (Å²) in [5, 5.41) is 12.0. The number of hydrogen-bond donors (Lipinski definition) is 1. The molecule has 0 radical (unpaired) electrons. The van der Waals surface area contributed by atoms with Gasteiger partial charge in [0.05, 0.1) is 5.56 Å². The van der Waals surface area contributed by atoms with Crippen LogP contribution in [0.1, 0.15) is 30.3 Å². The van der Waals surface area contributed by atoms with E-state index in [1.54, 1.807) is 6.20 Å². The van der Waals surface area contributed by atoms with E-state index < -0.39 is 0 Å². The second kappa shape index (κ2) is 7.46. The Labute approximate surface area is 179 Å². The van der Waals surface area contributed by atoms with E-state index >= 15 is 0 Å². The Morgan fingerprint density at radius 2 is 2.06 bits per heavy atom. The molecule has 0 saturated carbocycles. The van der Waals surface area contributed by atoms with E-state index in [1.807, 2.05) is 45.6 Å². The standard InChI is InChI=1S/C23H25N7O/c31-23-18(6-7-19-17-12-16(13-24-14-17)15-30(19)23)22-25-8-11-28(22)9-3-5-21-27-26-20-4-1-2-10-29(20)21/h1-2,4,6-8,10-11,16-17,24H,3,5,9,12-15H2/t16-,17+/m0/s1. The topological polar surface area (TPSA) is 82.0 Å². The van der Waals surface area contributed by atoms with Gasteiger partial charge in [-0.15, -0.1) is 10.2 Å². The van der Waals surface area contributed by atoms with Crippen molar-refractivity contribution in [1.29, 1.82) is 0 Å². The van der Waals surface area contributed by atoms with Crippen molar-refractivity contribution in [1.82, 2.24) is 34.0 Å². The maximum Gasteiger partial charge on any atom is 0.261 e. The minimum Gasteiger partial charge on any atom is -0.331 e. The van der Waals surface area contributed by atoms with Gasteiger partial charge in [0.15, 0.2) is 5.65 Å².